The van der Waals surface area contributed by atoms with Crippen molar-refractivity contribution in [1.82, 2.24) is 15.5 Å². The molecule has 6 heteroatoms. The Morgan fingerprint density at radius 1 is 1.24 bits per heavy atom. The molecule has 0 aliphatic carbocycles. The van der Waals surface area contributed by atoms with Crippen molar-refractivity contribution >= 4 is 17.4 Å². The summed E-state index contributed by atoms with van der Waals surface area (Å²) in [5.41, 5.74) is 2.03. The van der Waals surface area contributed by atoms with Crippen LogP contribution >= 0.6 is 0 Å². The molecule has 0 saturated carbocycles. The van der Waals surface area contributed by atoms with Gasteiger partial charge in [0.1, 0.15) is 0 Å². The summed E-state index contributed by atoms with van der Waals surface area (Å²) < 4.78 is 5.56. The Bertz CT molecular complexity index is 565. The molecule has 114 valence electrons. The number of hydrogen-bond donors (Lipinski definition) is 2. The molecule has 1 heterocycles. The van der Waals surface area contributed by atoms with E-state index < -0.39 is 0 Å². The van der Waals surface area contributed by atoms with Crippen LogP contribution in [-0.4, -0.2) is 30.8 Å². The molecule has 0 bridgehead atoms. The second kappa shape index (κ2) is 7.08. The molecule has 2 rings (SSSR count). The summed E-state index contributed by atoms with van der Waals surface area (Å²) in [7, 11) is 4.01. The molecule has 6 nitrogen and oxygen atoms in total. The second-order valence-corrected chi connectivity index (χ2v) is 5.60. The van der Waals surface area contributed by atoms with Crippen molar-refractivity contribution in [2.75, 3.05) is 30.9 Å². The minimum absolute atomic E-state index is 0.409. The lowest BCUT2D eigenvalue weighted by atomic mass is 10.2. The van der Waals surface area contributed by atoms with Crippen molar-refractivity contribution in [3.63, 3.8) is 0 Å². The number of hydrogen-bond acceptors (Lipinski definition) is 6. The molecule has 1 aromatic carbocycles. The average molecular weight is 289 g/mol. The van der Waals surface area contributed by atoms with Gasteiger partial charge >= 0.3 is 6.01 Å². The SMILES string of the molecule is CC(C)CNCc1nnc(Nc2cccc(N(C)C)c2)o1. The lowest BCUT2D eigenvalue weighted by Gasteiger charge is -2.13. The molecule has 0 atom stereocenters. The average Bonchev–Trinajstić information content (AvgIpc) is 2.86. The molecule has 0 aliphatic rings. The van der Waals surface area contributed by atoms with Crippen molar-refractivity contribution < 1.29 is 4.42 Å². The minimum atomic E-state index is 0.409. The first kappa shape index (κ1) is 15.3. The highest BCUT2D eigenvalue weighted by molar-refractivity contribution is 5.60. The fourth-order valence-corrected chi connectivity index (χ4v) is 1.83. The fourth-order valence-electron chi connectivity index (χ4n) is 1.83. The summed E-state index contributed by atoms with van der Waals surface area (Å²) >= 11 is 0. The fraction of sp³-hybridized carbons (Fsp3) is 0.467. The van der Waals surface area contributed by atoms with Gasteiger partial charge in [0.05, 0.1) is 6.54 Å². The van der Waals surface area contributed by atoms with E-state index in [0.29, 0.717) is 24.4 Å². The van der Waals surface area contributed by atoms with E-state index in [0.717, 1.165) is 17.9 Å². The highest BCUT2D eigenvalue weighted by Crippen LogP contribution is 2.20. The van der Waals surface area contributed by atoms with E-state index in [1.165, 1.54) is 0 Å². The van der Waals surface area contributed by atoms with Gasteiger partial charge in [-0.15, -0.1) is 5.10 Å². The van der Waals surface area contributed by atoms with Crippen molar-refractivity contribution in [2.24, 2.45) is 5.92 Å². The summed E-state index contributed by atoms with van der Waals surface area (Å²) in [5, 5.41) is 14.4. The summed E-state index contributed by atoms with van der Waals surface area (Å²) in [5.74, 6) is 1.18. The topological polar surface area (TPSA) is 66.2 Å². The van der Waals surface area contributed by atoms with Crippen LogP contribution in [0.4, 0.5) is 17.4 Å². The zero-order valence-electron chi connectivity index (χ0n) is 13.1. The van der Waals surface area contributed by atoms with Crippen molar-refractivity contribution in [1.29, 1.82) is 0 Å². The van der Waals surface area contributed by atoms with Gasteiger partial charge in [0, 0.05) is 25.5 Å². The molecule has 0 fully saturated rings. The molecular weight excluding hydrogens is 266 g/mol. The highest BCUT2D eigenvalue weighted by Gasteiger charge is 2.07. The Morgan fingerprint density at radius 2 is 2.05 bits per heavy atom. The molecule has 0 unspecified atom stereocenters. The predicted molar refractivity (Wildman–Crippen MR) is 84.9 cm³/mol. The summed E-state index contributed by atoms with van der Waals surface area (Å²) in [6, 6.07) is 8.43. The standard InChI is InChI=1S/C15H23N5O/c1-11(2)9-16-10-14-18-19-15(21-14)17-12-6-5-7-13(8-12)20(3)4/h5-8,11,16H,9-10H2,1-4H3,(H,17,19). The highest BCUT2D eigenvalue weighted by atomic mass is 16.4. The third kappa shape index (κ3) is 4.75. The van der Waals surface area contributed by atoms with Crippen molar-refractivity contribution in [3.8, 4) is 0 Å². The Balaban J connectivity index is 1.94. The van der Waals surface area contributed by atoms with Crippen LogP contribution < -0.4 is 15.5 Å². The van der Waals surface area contributed by atoms with Gasteiger partial charge in [-0.1, -0.05) is 25.0 Å². The van der Waals surface area contributed by atoms with Crippen LogP contribution in [0.2, 0.25) is 0 Å². The van der Waals surface area contributed by atoms with Crippen LogP contribution in [0, 0.1) is 5.92 Å². The van der Waals surface area contributed by atoms with E-state index >= 15 is 0 Å². The molecule has 0 aliphatic heterocycles. The first-order valence-corrected chi connectivity index (χ1v) is 7.12. The van der Waals surface area contributed by atoms with E-state index in [-0.39, 0.29) is 0 Å². The van der Waals surface area contributed by atoms with Crippen LogP contribution in [0.3, 0.4) is 0 Å². The van der Waals surface area contributed by atoms with E-state index in [9.17, 15) is 0 Å². The number of nitrogens with zero attached hydrogens (tertiary/aromatic N) is 3. The maximum absolute atomic E-state index is 5.56. The molecule has 0 amide bonds. The Kier molecular flexibility index (Phi) is 5.16. The van der Waals surface area contributed by atoms with E-state index in [2.05, 4.69) is 34.7 Å². The van der Waals surface area contributed by atoms with Gasteiger partial charge < -0.3 is 20.0 Å². The van der Waals surface area contributed by atoms with E-state index in [1.807, 2.05) is 43.3 Å². The smallest absolute Gasteiger partial charge is 0.320 e. The van der Waals surface area contributed by atoms with Gasteiger partial charge in [0.15, 0.2) is 0 Å². The summed E-state index contributed by atoms with van der Waals surface area (Å²) in [6.07, 6.45) is 0. The first-order chi connectivity index (χ1) is 10.0. The largest absolute Gasteiger partial charge is 0.406 e. The van der Waals surface area contributed by atoms with Crippen LogP contribution in [0.25, 0.3) is 0 Å². The van der Waals surface area contributed by atoms with Crippen molar-refractivity contribution in [3.05, 3.63) is 30.2 Å². The third-order valence-electron chi connectivity index (χ3n) is 2.91. The molecule has 2 aromatic rings. The monoisotopic (exact) mass is 289 g/mol. The zero-order valence-corrected chi connectivity index (χ0v) is 13.1. The normalized spacial score (nSPS) is 10.9. The van der Waals surface area contributed by atoms with Gasteiger partial charge in [-0.05, 0) is 30.7 Å². The van der Waals surface area contributed by atoms with Gasteiger partial charge in [0.2, 0.25) is 5.89 Å². The lowest BCUT2D eigenvalue weighted by molar-refractivity contribution is 0.460. The van der Waals surface area contributed by atoms with E-state index in [1.54, 1.807) is 0 Å². The van der Waals surface area contributed by atoms with Crippen LogP contribution in [0.5, 0.6) is 0 Å². The molecule has 1 aromatic heterocycles. The Hall–Kier alpha value is -2.08. The molecule has 0 saturated heterocycles. The lowest BCUT2D eigenvalue weighted by Crippen LogP contribution is -2.19. The molecule has 2 N–H and O–H groups in total. The minimum Gasteiger partial charge on any atom is -0.406 e. The number of aromatic nitrogens is 2. The van der Waals surface area contributed by atoms with E-state index in [4.69, 9.17) is 4.42 Å². The molecule has 0 radical (unpaired) electrons. The Morgan fingerprint density at radius 3 is 2.76 bits per heavy atom. The van der Waals surface area contributed by atoms with Crippen LogP contribution in [0.1, 0.15) is 19.7 Å². The van der Waals surface area contributed by atoms with Gasteiger partial charge in [0.25, 0.3) is 0 Å². The first-order valence-electron chi connectivity index (χ1n) is 7.12. The van der Waals surface area contributed by atoms with Gasteiger partial charge in [-0.3, -0.25) is 0 Å². The maximum Gasteiger partial charge on any atom is 0.320 e. The number of nitrogens with one attached hydrogen (secondary N) is 2. The zero-order chi connectivity index (χ0) is 15.2. The van der Waals surface area contributed by atoms with Gasteiger partial charge in [-0.25, -0.2) is 0 Å². The number of anilines is 3. The second-order valence-electron chi connectivity index (χ2n) is 5.60. The van der Waals surface area contributed by atoms with Gasteiger partial charge in [-0.2, -0.15) is 0 Å². The summed E-state index contributed by atoms with van der Waals surface area (Å²) in [6.45, 7) is 5.83. The predicted octanol–water partition coefficient (Wildman–Crippen LogP) is 2.62. The quantitative estimate of drug-likeness (QED) is 0.817. The summed E-state index contributed by atoms with van der Waals surface area (Å²) in [4.78, 5) is 2.04. The third-order valence-corrected chi connectivity index (χ3v) is 2.91. The number of benzene rings is 1. The van der Waals surface area contributed by atoms with Crippen LogP contribution in [0.15, 0.2) is 28.7 Å². The number of rotatable bonds is 7. The maximum atomic E-state index is 5.56. The molecule has 21 heavy (non-hydrogen) atoms. The molecular formula is C15H23N5O. The van der Waals surface area contributed by atoms with Crippen molar-refractivity contribution in [2.45, 2.75) is 20.4 Å². The van der Waals surface area contributed by atoms with Crippen LogP contribution in [-0.2, 0) is 6.54 Å². The molecule has 0 spiro atoms. The Labute approximate surface area is 125 Å².